The number of halogens is 2. The van der Waals surface area contributed by atoms with Crippen molar-refractivity contribution in [2.75, 3.05) is 24.0 Å². The number of hydrogen-bond acceptors (Lipinski definition) is 3. The van der Waals surface area contributed by atoms with E-state index in [2.05, 4.69) is 11.8 Å². The van der Waals surface area contributed by atoms with E-state index in [0.717, 1.165) is 0 Å². The molecule has 1 aromatic carbocycles. The maximum Gasteiger partial charge on any atom is 0.150 e. The van der Waals surface area contributed by atoms with E-state index in [1.807, 2.05) is 0 Å². The van der Waals surface area contributed by atoms with Gasteiger partial charge in [-0.3, -0.25) is 0 Å². The lowest BCUT2D eigenvalue weighted by Gasteiger charge is -2.07. The number of sulfone groups is 1. The molecule has 20 heavy (non-hydrogen) atoms. The van der Waals surface area contributed by atoms with E-state index in [1.165, 1.54) is 12.1 Å². The average Bonchev–Trinajstić information content (AvgIpc) is 2.41. The lowest BCUT2D eigenvalue weighted by Crippen LogP contribution is -2.11. The van der Waals surface area contributed by atoms with E-state index in [9.17, 15) is 12.8 Å². The second-order valence-electron chi connectivity index (χ2n) is 4.05. The first kappa shape index (κ1) is 16.8. The van der Waals surface area contributed by atoms with Gasteiger partial charge in [0.05, 0.1) is 18.2 Å². The van der Waals surface area contributed by atoms with Crippen LogP contribution in [-0.2, 0) is 9.84 Å². The maximum absolute atomic E-state index is 13.3. The molecule has 1 aromatic rings. The third-order valence-corrected chi connectivity index (χ3v) is 4.40. The molecule has 0 radical (unpaired) electrons. The van der Waals surface area contributed by atoms with E-state index in [1.54, 1.807) is 13.0 Å². The summed E-state index contributed by atoms with van der Waals surface area (Å²) in [5.74, 6) is 5.56. The Kier molecular flexibility index (Phi) is 6.83. The molecular formula is C14H16ClFO3S. The maximum atomic E-state index is 13.3. The molecule has 0 saturated carbocycles. The zero-order valence-corrected chi connectivity index (χ0v) is 12.7. The van der Waals surface area contributed by atoms with Crippen LogP contribution < -0.4 is 4.74 Å². The van der Waals surface area contributed by atoms with Gasteiger partial charge in [-0.2, -0.15) is 0 Å². The van der Waals surface area contributed by atoms with Crippen LogP contribution in [0.3, 0.4) is 0 Å². The van der Waals surface area contributed by atoms with Crippen molar-refractivity contribution in [1.82, 2.24) is 0 Å². The molecule has 0 unspecified atom stereocenters. The predicted octanol–water partition coefficient (Wildman–Crippen LogP) is 2.62. The van der Waals surface area contributed by atoms with E-state index >= 15 is 0 Å². The summed E-state index contributed by atoms with van der Waals surface area (Å²) < 4.78 is 41.3. The van der Waals surface area contributed by atoms with Gasteiger partial charge >= 0.3 is 0 Å². The third-order valence-electron chi connectivity index (χ3n) is 2.48. The van der Waals surface area contributed by atoms with E-state index in [0.29, 0.717) is 17.7 Å². The van der Waals surface area contributed by atoms with Gasteiger partial charge in [0.15, 0.2) is 0 Å². The Labute approximate surface area is 124 Å². The zero-order chi connectivity index (χ0) is 15.0. The molecule has 6 heteroatoms. The van der Waals surface area contributed by atoms with E-state index in [-0.39, 0.29) is 24.0 Å². The van der Waals surface area contributed by atoms with Crippen LogP contribution in [0.15, 0.2) is 18.2 Å². The Hall–Kier alpha value is -1.25. The highest BCUT2D eigenvalue weighted by Crippen LogP contribution is 2.16. The Morgan fingerprint density at radius 2 is 2.10 bits per heavy atom. The molecule has 0 fully saturated rings. The summed E-state index contributed by atoms with van der Waals surface area (Å²) in [5.41, 5.74) is 0.474. The van der Waals surface area contributed by atoms with Gasteiger partial charge in [-0.1, -0.05) is 18.8 Å². The minimum Gasteiger partial charge on any atom is -0.493 e. The molecule has 0 bridgehead atoms. The predicted molar refractivity (Wildman–Crippen MR) is 78.4 cm³/mol. The Morgan fingerprint density at radius 1 is 1.35 bits per heavy atom. The van der Waals surface area contributed by atoms with Gasteiger partial charge in [-0.05, 0) is 18.6 Å². The Morgan fingerprint density at radius 3 is 2.75 bits per heavy atom. The summed E-state index contributed by atoms with van der Waals surface area (Å²) >= 11 is 5.43. The van der Waals surface area contributed by atoms with Crippen LogP contribution in [0.25, 0.3) is 0 Å². The van der Waals surface area contributed by atoms with Crippen molar-refractivity contribution in [2.45, 2.75) is 13.3 Å². The first-order valence-corrected chi connectivity index (χ1v) is 8.51. The highest BCUT2D eigenvalue weighted by molar-refractivity contribution is 7.91. The lowest BCUT2D eigenvalue weighted by molar-refractivity contribution is 0.316. The molecule has 0 aliphatic heterocycles. The van der Waals surface area contributed by atoms with Crippen LogP contribution in [0.5, 0.6) is 5.75 Å². The van der Waals surface area contributed by atoms with Gasteiger partial charge in [0.2, 0.25) is 0 Å². The molecular weight excluding hydrogens is 303 g/mol. The van der Waals surface area contributed by atoms with Crippen LogP contribution in [0.1, 0.15) is 18.9 Å². The van der Waals surface area contributed by atoms with E-state index < -0.39 is 15.7 Å². The van der Waals surface area contributed by atoms with Crippen molar-refractivity contribution < 1.29 is 17.5 Å². The highest BCUT2D eigenvalue weighted by atomic mass is 35.5. The number of benzene rings is 1. The molecule has 0 spiro atoms. The minimum atomic E-state index is -2.99. The number of ether oxygens (including phenoxy) is 1. The summed E-state index contributed by atoms with van der Waals surface area (Å²) in [7, 11) is -2.99. The lowest BCUT2D eigenvalue weighted by atomic mass is 10.2. The SMILES string of the molecule is CCS(=O)(=O)CCCOc1cc(F)cc(C#CCCl)c1. The molecule has 0 aliphatic carbocycles. The van der Waals surface area contributed by atoms with Gasteiger partial charge in [0, 0.05) is 17.4 Å². The topological polar surface area (TPSA) is 43.4 Å². The smallest absolute Gasteiger partial charge is 0.150 e. The summed E-state index contributed by atoms with van der Waals surface area (Å²) in [6.07, 6.45) is 0.370. The first-order valence-electron chi connectivity index (χ1n) is 6.15. The molecule has 0 N–H and O–H groups in total. The second kappa shape index (κ2) is 8.13. The standard InChI is InChI=1S/C14H16ClFO3S/c1-2-20(17,18)8-4-7-19-14-10-12(5-3-6-15)9-13(16)11-14/h9-11H,2,4,6-8H2,1H3. The zero-order valence-electron chi connectivity index (χ0n) is 11.2. The molecule has 110 valence electrons. The molecule has 0 amide bonds. The van der Waals surface area contributed by atoms with Gasteiger partial charge in [0.1, 0.15) is 21.4 Å². The summed E-state index contributed by atoms with van der Waals surface area (Å²) in [6, 6.07) is 4.12. The van der Waals surface area contributed by atoms with Gasteiger partial charge in [-0.15, -0.1) is 11.6 Å². The van der Waals surface area contributed by atoms with Gasteiger partial charge in [-0.25, -0.2) is 12.8 Å². The average molecular weight is 319 g/mol. The Bertz CT molecular complexity index is 603. The summed E-state index contributed by atoms with van der Waals surface area (Å²) in [4.78, 5) is 0. The van der Waals surface area contributed by atoms with Gasteiger partial charge in [0.25, 0.3) is 0 Å². The molecule has 0 heterocycles. The fourth-order valence-electron chi connectivity index (χ4n) is 1.47. The summed E-state index contributed by atoms with van der Waals surface area (Å²) in [5, 5.41) is 0. The minimum absolute atomic E-state index is 0.0672. The monoisotopic (exact) mass is 318 g/mol. The Balaban J connectivity index is 2.58. The largest absolute Gasteiger partial charge is 0.493 e. The van der Waals surface area contributed by atoms with Crippen LogP contribution >= 0.6 is 11.6 Å². The quantitative estimate of drug-likeness (QED) is 0.460. The van der Waals surface area contributed by atoms with Crippen molar-refractivity contribution in [1.29, 1.82) is 0 Å². The normalized spacial score (nSPS) is 10.8. The molecule has 1 rings (SSSR count). The number of rotatable bonds is 6. The third kappa shape index (κ3) is 6.27. The van der Waals surface area contributed by atoms with Gasteiger partial charge < -0.3 is 4.74 Å². The van der Waals surface area contributed by atoms with Crippen LogP contribution in [0, 0.1) is 17.7 Å². The van der Waals surface area contributed by atoms with E-state index in [4.69, 9.17) is 16.3 Å². The highest BCUT2D eigenvalue weighted by Gasteiger charge is 2.07. The van der Waals surface area contributed by atoms with Crippen LogP contribution in [-0.4, -0.2) is 32.4 Å². The number of hydrogen-bond donors (Lipinski definition) is 0. The number of alkyl halides is 1. The molecule has 0 aliphatic rings. The molecule has 0 saturated heterocycles. The van der Waals surface area contributed by atoms with Crippen molar-refractivity contribution >= 4 is 21.4 Å². The fraction of sp³-hybridized carbons (Fsp3) is 0.429. The second-order valence-corrected chi connectivity index (χ2v) is 6.79. The first-order chi connectivity index (χ1) is 9.46. The molecule has 0 atom stereocenters. The van der Waals surface area contributed by atoms with Crippen molar-refractivity contribution in [3.63, 3.8) is 0 Å². The van der Waals surface area contributed by atoms with Crippen molar-refractivity contribution in [3.8, 4) is 17.6 Å². The summed E-state index contributed by atoms with van der Waals surface area (Å²) in [6.45, 7) is 1.82. The molecule has 0 aromatic heterocycles. The van der Waals surface area contributed by atoms with Crippen molar-refractivity contribution in [2.24, 2.45) is 0 Å². The molecule has 3 nitrogen and oxygen atoms in total. The van der Waals surface area contributed by atoms with Crippen LogP contribution in [0.4, 0.5) is 4.39 Å². The van der Waals surface area contributed by atoms with Crippen LogP contribution in [0.2, 0.25) is 0 Å². The fourth-order valence-corrected chi connectivity index (χ4v) is 2.38. The van der Waals surface area contributed by atoms with Crippen molar-refractivity contribution in [3.05, 3.63) is 29.6 Å².